The van der Waals surface area contributed by atoms with E-state index >= 15 is 0 Å². The van der Waals surface area contributed by atoms with Crippen molar-refractivity contribution in [2.24, 2.45) is 11.7 Å². The van der Waals surface area contributed by atoms with Gasteiger partial charge in [-0.15, -0.1) is 0 Å². The van der Waals surface area contributed by atoms with Crippen LogP contribution >= 0.6 is 0 Å². The molecular formula is C24H33N3O4. The zero-order valence-corrected chi connectivity index (χ0v) is 19.2. The van der Waals surface area contributed by atoms with Gasteiger partial charge in [-0.3, -0.25) is 14.5 Å². The number of nitrogens with one attached hydrogen (secondary N) is 1. The van der Waals surface area contributed by atoms with Gasteiger partial charge in [0.25, 0.3) is 0 Å². The Hall–Kier alpha value is -3.09. The third-order valence-electron chi connectivity index (χ3n) is 4.64. The third kappa shape index (κ3) is 6.44. The van der Waals surface area contributed by atoms with Gasteiger partial charge in [-0.05, 0) is 56.0 Å². The van der Waals surface area contributed by atoms with Gasteiger partial charge in [0.15, 0.2) is 0 Å². The molecule has 0 unspecified atom stereocenters. The number of fused-ring (bicyclic) bond motifs is 1. The van der Waals surface area contributed by atoms with Gasteiger partial charge in [-0.2, -0.15) is 0 Å². The molecule has 0 spiro atoms. The highest BCUT2D eigenvalue weighted by atomic mass is 16.6. The van der Waals surface area contributed by atoms with E-state index in [0.717, 1.165) is 10.8 Å². The molecule has 0 saturated heterocycles. The Balaban J connectivity index is 2.74. The van der Waals surface area contributed by atoms with E-state index in [9.17, 15) is 14.4 Å². The van der Waals surface area contributed by atoms with Crippen molar-refractivity contribution in [3.63, 3.8) is 0 Å². The Morgan fingerprint density at radius 1 is 1.10 bits per heavy atom. The van der Waals surface area contributed by atoms with E-state index in [1.54, 1.807) is 39.8 Å². The van der Waals surface area contributed by atoms with Crippen LogP contribution in [0.2, 0.25) is 0 Å². The SMILES string of the molecule is CCC(=O)Nc1cc2ccccc2cc1N(C(=O)OC(C)(C)C)[C@@H](CC(C)C)C(N)=O. The number of ether oxygens (including phenoxy) is 1. The fraction of sp³-hybridized carbons (Fsp3) is 0.458. The number of carbonyl (C=O) groups is 3. The summed E-state index contributed by atoms with van der Waals surface area (Å²) < 4.78 is 5.63. The Morgan fingerprint density at radius 2 is 1.68 bits per heavy atom. The lowest BCUT2D eigenvalue weighted by atomic mass is 10.00. The number of hydrogen-bond acceptors (Lipinski definition) is 4. The Morgan fingerprint density at radius 3 is 2.16 bits per heavy atom. The van der Waals surface area contributed by atoms with E-state index in [2.05, 4.69) is 5.32 Å². The first-order chi connectivity index (χ1) is 14.4. The third-order valence-corrected chi connectivity index (χ3v) is 4.64. The second-order valence-corrected chi connectivity index (χ2v) is 9.02. The second kappa shape index (κ2) is 9.81. The molecule has 2 aromatic carbocycles. The number of carbonyl (C=O) groups excluding carboxylic acids is 3. The summed E-state index contributed by atoms with van der Waals surface area (Å²) in [5, 5.41) is 4.60. The minimum absolute atomic E-state index is 0.0941. The van der Waals surface area contributed by atoms with Crippen LogP contribution in [0.3, 0.4) is 0 Å². The monoisotopic (exact) mass is 427 g/mol. The number of nitrogens with two attached hydrogens (primary N) is 1. The molecule has 3 amide bonds. The molecule has 0 aliphatic carbocycles. The highest BCUT2D eigenvalue weighted by Gasteiger charge is 2.35. The molecule has 3 N–H and O–H groups in total. The van der Waals surface area contributed by atoms with Crippen molar-refractivity contribution in [1.82, 2.24) is 0 Å². The summed E-state index contributed by atoms with van der Waals surface area (Å²) in [5.74, 6) is -0.753. The molecule has 2 rings (SSSR count). The van der Waals surface area contributed by atoms with Crippen molar-refractivity contribution in [3.8, 4) is 0 Å². The molecule has 31 heavy (non-hydrogen) atoms. The largest absolute Gasteiger partial charge is 0.443 e. The lowest BCUT2D eigenvalue weighted by Crippen LogP contribution is -2.50. The van der Waals surface area contributed by atoms with Crippen molar-refractivity contribution in [2.45, 2.75) is 66.0 Å². The van der Waals surface area contributed by atoms with Gasteiger partial charge in [0, 0.05) is 6.42 Å². The summed E-state index contributed by atoms with van der Waals surface area (Å²) in [6.07, 6.45) is -0.0776. The van der Waals surface area contributed by atoms with Crippen LogP contribution in [0.25, 0.3) is 10.8 Å². The molecule has 1 atom stereocenters. The van der Waals surface area contributed by atoms with Crippen LogP contribution in [-0.4, -0.2) is 29.6 Å². The van der Waals surface area contributed by atoms with Crippen molar-refractivity contribution in [1.29, 1.82) is 0 Å². The molecule has 0 saturated carbocycles. The number of primary amides is 1. The molecule has 0 aliphatic heterocycles. The molecule has 0 radical (unpaired) electrons. The van der Waals surface area contributed by atoms with Crippen LogP contribution in [0.4, 0.5) is 16.2 Å². The molecule has 0 heterocycles. The molecule has 0 aromatic heterocycles. The van der Waals surface area contributed by atoms with E-state index in [1.165, 1.54) is 4.90 Å². The highest BCUT2D eigenvalue weighted by Crippen LogP contribution is 2.35. The normalized spacial score (nSPS) is 12.5. The Labute approximate surface area is 183 Å². The van der Waals surface area contributed by atoms with E-state index in [-0.39, 0.29) is 18.2 Å². The maximum absolute atomic E-state index is 13.3. The smallest absolute Gasteiger partial charge is 0.415 e. The molecule has 7 heteroatoms. The van der Waals surface area contributed by atoms with Crippen LogP contribution in [0.1, 0.15) is 54.4 Å². The molecule has 7 nitrogen and oxygen atoms in total. The van der Waals surface area contributed by atoms with E-state index in [0.29, 0.717) is 17.8 Å². The van der Waals surface area contributed by atoms with E-state index in [1.807, 2.05) is 38.1 Å². The molecule has 0 aliphatic rings. The van der Waals surface area contributed by atoms with Gasteiger partial charge in [-0.1, -0.05) is 45.0 Å². The van der Waals surface area contributed by atoms with Gasteiger partial charge < -0.3 is 15.8 Å². The van der Waals surface area contributed by atoms with Crippen molar-refractivity contribution in [2.75, 3.05) is 10.2 Å². The van der Waals surface area contributed by atoms with Crippen molar-refractivity contribution >= 4 is 40.1 Å². The zero-order valence-electron chi connectivity index (χ0n) is 19.2. The van der Waals surface area contributed by atoms with Crippen LogP contribution in [-0.2, 0) is 14.3 Å². The number of amides is 3. The minimum atomic E-state index is -0.937. The average Bonchev–Trinajstić information content (AvgIpc) is 2.65. The summed E-state index contributed by atoms with van der Waals surface area (Å²) in [6, 6.07) is 10.2. The van der Waals surface area contributed by atoms with Gasteiger partial charge in [-0.25, -0.2) is 4.79 Å². The van der Waals surface area contributed by atoms with Gasteiger partial charge in [0.1, 0.15) is 11.6 Å². The first-order valence-corrected chi connectivity index (χ1v) is 10.6. The van der Waals surface area contributed by atoms with Crippen LogP contribution in [0, 0.1) is 5.92 Å². The lowest BCUT2D eigenvalue weighted by molar-refractivity contribution is -0.119. The van der Waals surface area contributed by atoms with Gasteiger partial charge >= 0.3 is 6.09 Å². The average molecular weight is 428 g/mol. The van der Waals surface area contributed by atoms with Crippen molar-refractivity contribution < 1.29 is 19.1 Å². The summed E-state index contributed by atoms with van der Waals surface area (Å²) in [5.41, 5.74) is 5.76. The quantitative estimate of drug-likeness (QED) is 0.661. The summed E-state index contributed by atoms with van der Waals surface area (Å²) >= 11 is 0. The van der Waals surface area contributed by atoms with E-state index < -0.39 is 23.6 Å². The molecule has 0 bridgehead atoms. The van der Waals surface area contributed by atoms with Gasteiger partial charge in [0.05, 0.1) is 11.4 Å². The fourth-order valence-corrected chi connectivity index (χ4v) is 3.27. The molecule has 168 valence electrons. The Bertz CT molecular complexity index is 963. The predicted octanol–water partition coefficient (Wildman–Crippen LogP) is 4.83. The summed E-state index contributed by atoms with van der Waals surface area (Å²) in [4.78, 5) is 39.3. The number of nitrogens with zero attached hydrogens (tertiary/aromatic N) is 1. The number of hydrogen-bond donors (Lipinski definition) is 2. The summed E-state index contributed by atoms with van der Waals surface area (Å²) in [6.45, 7) is 10.9. The van der Waals surface area contributed by atoms with Crippen LogP contribution in [0.15, 0.2) is 36.4 Å². The number of anilines is 2. The predicted molar refractivity (Wildman–Crippen MR) is 124 cm³/mol. The number of rotatable bonds is 7. The summed E-state index contributed by atoms with van der Waals surface area (Å²) in [7, 11) is 0. The topological polar surface area (TPSA) is 102 Å². The first-order valence-electron chi connectivity index (χ1n) is 10.6. The lowest BCUT2D eigenvalue weighted by Gasteiger charge is -2.34. The Kier molecular flexibility index (Phi) is 7.65. The highest BCUT2D eigenvalue weighted by molar-refractivity contribution is 6.06. The molecular weight excluding hydrogens is 394 g/mol. The maximum Gasteiger partial charge on any atom is 0.415 e. The fourth-order valence-electron chi connectivity index (χ4n) is 3.27. The maximum atomic E-state index is 13.3. The molecule has 0 fully saturated rings. The van der Waals surface area contributed by atoms with E-state index in [4.69, 9.17) is 10.5 Å². The van der Waals surface area contributed by atoms with Crippen LogP contribution in [0.5, 0.6) is 0 Å². The zero-order chi connectivity index (χ0) is 23.3. The molecule has 2 aromatic rings. The van der Waals surface area contributed by atoms with Crippen molar-refractivity contribution in [3.05, 3.63) is 36.4 Å². The standard InChI is InChI=1S/C24H33N3O4/c1-7-21(28)26-18-13-16-10-8-9-11-17(16)14-19(18)27(23(30)31-24(4,5)6)20(22(25)29)12-15(2)3/h8-11,13-15,20H,7,12H2,1-6H3,(H2,25,29)(H,26,28)/t20-/m0/s1. The first kappa shape index (κ1) is 24.2. The second-order valence-electron chi connectivity index (χ2n) is 9.02. The minimum Gasteiger partial charge on any atom is -0.443 e. The van der Waals surface area contributed by atoms with Crippen LogP contribution < -0.4 is 16.0 Å². The van der Waals surface area contributed by atoms with Gasteiger partial charge in [0.2, 0.25) is 11.8 Å². The number of benzene rings is 2.